The van der Waals surface area contributed by atoms with Crippen LogP contribution in [0.15, 0.2) is 11.4 Å². The Morgan fingerprint density at radius 1 is 1.44 bits per heavy atom. The maximum absolute atomic E-state index is 12.3. The number of nitrogens with one attached hydrogen (secondary N) is 1. The third-order valence-electron chi connectivity index (χ3n) is 3.83. The molecule has 0 unspecified atom stereocenters. The molecular formula is C14H21NO2S. The number of aliphatic hydroxyl groups is 1. The predicted octanol–water partition coefficient (Wildman–Crippen LogP) is 2.74. The number of carbonyl (C=O) groups excluding carboxylic acids is 1. The molecule has 1 heterocycles. The summed E-state index contributed by atoms with van der Waals surface area (Å²) in [5.74, 6) is -0.0159. The highest BCUT2D eigenvalue weighted by Crippen LogP contribution is 2.29. The van der Waals surface area contributed by atoms with E-state index in [2.05, 4.69) is 12.2 Å². The van der Waals surface area contributed by atoms with Gasteiger partial charge in [-0.25, -0.2) is 0 Å². The highest BCUT2D eigenvalue weighted by Gasteiger charge is 2.33. The van der Waals surface area contributed by atoms with Crippen LogP contribution in [-0.4, -0.2) is 23.2 Å². The first-order valence-corrected chi connectivity index (χ1v) is 7.58. The van der Waals surface area contributed by atoms with Crippen LogP contribution < -0.4 is 5.32 Å². The Labute approximate surface area is 112 Å². The van der Waals surface area contributed by atoms with E-state index in [4.69, 9.17) is 0 Å². The van der Waals surface area contributed by atoms with Crippen molar-refractivity contribution < 1.29 is 9.90 Å². The van der Waals surface area contributed by atoms with Gasteiger partial charge in [0.1, 0.15) is 0 Å². The largest absolute Gasteiger partial charge is 0.394 e. The topological polar surface area (TPSA) is 49.3 Å². The molecule has 1 saturated carbocycles. The molecule has 1 amide bonds. The maximum Gasteiger partial charge on any atom is 0.262 e. The van der Waals surface area contributed by atoms with Crippen LogP contribution in [0.2, 0.25) is 0 Å². The third kappa shape index (κ3) is 2.75. The highest BCUT2D eigenvalue weighted by molar-refractivity contribution is 7.12. The maximum atomic E-state index is 12.3. The van der Waals surface area contributed by atoms with E-state index in [9.17, 15) is 9.90 Å². The summed E-state index contributed by atoms with van der Waals surface area (Å²) in [6.07, 6.45) is 6.04. The highest BCUT2D eigenvalue weighted by atomic mass is 32.1. The molecule has 3 nitrogen and oxygen atoms in total. The van der Waals surface area contributed by atoms with Gasteiger partial charge in [-0.1, -0.05) is 26.2 Å². The van der Waals surface area contributed by atoms with Crippen molar-refractivity contribution in [3.05, 3.63) is 21.9 Å². The molecule has 4 heteroatoms. The zero-order valence-electron chi connectivity index (χ0n) is 10.9. The lowest BCUT2D eigenvalue weighted by atomic mass is 9.82. The molecule has 0 atom stereocenters. The quantitative estimate of drug-likeness (QED) is 0.881. The van der Waals surface area contributed by atoms with Gasteiger partial charge >= 0.3 is 0 Å². The smallest absolute Gasteiger partial charge is 0.262 e. The number of carbonyl (C=O) groups is 1. The monoisotopic (exact) mass is 267 g/mol. The molecule has 0 aliphatic heterocycles. The van der Waals surface area contributed by atoms with Gasteiger partial charge < -0.3 is 10.4 Å². The van der Waals surface area contributed by atoms with Crippen LogP contribution in [0.1, 0.15) is 54.3 Å². The number of hydrogen-bond donors (Lipinski definition) is 2. The summed E-state index contributed by atoms with van der Waals surface area (Å²) in [7, 11) is 0. The Morgan fingerprint density at radius 3 is 2.78 bits per heavy atom. The second-order valence-corrected chi connectivity index (χ2v) is 6.00. The Hall–Kier alpha value is -0.870. The first kappa shape index (κ1) is 13.6. The van der Waals surface area contributed by atoms with Gasteiger partial charge in [0.05, 0.1) is 17.0 Å². The van der Waals surface area contributed by atoms with Crippen LogP contribution in [0.3, 0.4) is 0 Å². The molecule has 0 spiro atoms. The summed E-state index contributed by atoms with van der Waals surface area (Å²) in [5.41, 5.74) is 0.714. The Kier molecular flexibility index (Phi) is 4.40. The summed E-state index contributed by atoms with van der Waals surface area (Å²) in [6.45, 7) is 2.10. The number of amides is 1. The number of hydrogen-bond acceptors (Lipinski definition) is 3. The van der Waals surface area contributed by atoms with Gasteiger partial charge in [0.15, 0.2) is 0 Å². The zero-order valence-corrected chi connectivity index (χ0v) is 11.7. The van der Waals surface area contributed by atoms with E-state index >= 15 is 0 Å². The number of thiophene rings is 1. The molecule has 1 aliphatic carbocycles. The van der Waals surface area contributed by atoms with Crippen LogP contribution in [-0.2, 0) is 6.42 Å². The summed E-state index contributed by atoms with van der Waals surface area (Å²) >= 11 is 1.49. The van der Waals surface area contributed by atoms with Gasteiger partial charge in [-0.15, -0.1) is 11.3 Å². The third-order valence-corrected chi connectivity index (χ3v) is 4.78. The van der Waals surface area contributed by atoms with Crippen molar-refractivity contribution in [1.82, 2.24) is 5.32 Å². The Morgan fingerprint density at radius 2 is 2.17 bits per heavy atom. The fourth-order valence-corrected chi connectivity index (χ4v) is 3.55. The van der Waals surface area contributed by atoms with Crippen molar-refractivity contribution in [3.63, 3.8) is 0 Å². The van der Waals surface area contributed by atoms with Crippen LogP contribution in [0.25, 0.3) is 0 Å². The predicted molar refractivity (Wildman–Crippen MR) is 74.1 cm³/mol. The van der Waals surface area contributed by atoms with Crippen molar-refractivity contribution in [2.75, 3.05) is 6.61 Å². The van der Waals surface area contributed by atoms with E-state index in [1.807, 2.05) is 11.4 Å². The van der Waals surface area contributed by atoms with E-state index in [0.29, 0.717) is 0 Å². The van der Waals surface area contributed by atoms with E-state index in [1.54, 1.807) is 0 Å². The van der Waals surface area contributed by atoms with Gasteiger partial charge in [-0.05, 0) is 36.3 Å². The van der Waals surface area contributed by atoms with Gasteiger partial charge in [-0.3, -0.25) is 4.79 Å². The molecule has 0 bridgehead atoms. The minimum Gasteiger partial charge on any atom is -0.394 e. The zero-order chi connectivity index (χ0) is 13.0. The van der Waals surface area contributed by atoms with Crippen LogP contribution in [0.4, 0.5) is 0 Å². The minimum atomic E-state index is -0.385. The fourth-order valence-electron chi connectivity index (χ4n) is 2.66. The Bertz CT molecular complexity index is 408. The van der Waals surface area contributed by atoms with Gasteiger partial charge in [0, 0.05) is 0 Å². The molecule has 1 aromatic rings. The average molecular weight is 267 g/mol. The Balaban J connectivity index is 2.10. The molecule has 0 aromatic carbocycles. The number of rotatable bonds is 4. The average Bonchev–Trinajstić information content (AvgIpc) is 2.88. The van der Waals surface area contributed by atoms with Crippen molar-refractivity contribution in [2.24, 2.45) is 0 Å². The standard InChI is InChI=1S/C14H21NO2S/c1-2-11-6-9-18-12(11)13(17)15-14(10-16)7-4-3-5-8-14/h6,9,16H,2-5,7-8,10H2,1H3,(H,15,17). The second-order valence-electron chi connectivity index (χ2n) is 5.08. The van der Waals surface area contributed by atoms with Crippen LogP contribution in [0.5, 0.6) is 0 Å². The van der Waals surface area contributed by atoms with E-state index < -0.39 is 0 Å². The molecular weight excluding hydrogens is 246 g/mol. The van der Waals surface area contributed by atoms with Crippen LogP contribution in [0, 0.1) is 0 Å². The van der Waals surface area contributed by atoms with Crippen LogP contribution >= 0.6 is 11.3 Å². The normalized spacial score (nSPS) is 18.6. The summed E-state index contributed by atoms with van der Waals surface area (Å²) in [6, 6.07) is 2.01. The minimum absolute atomic E-state index is 0.0159. The summed E-state index contributed by atoms with van der Waals surface area (Å²) < 4.78 is 0. The van der Waals surface area contributed by atoms with Crippen molar-refractivity contribution in [1.29, 1.82) is 0 Å². The lowest BCUT2D eigenvalue weighted by Gasteiger charge is -2.36. The molecule has 18 heavy (non-hydrogen) atoms. The first-order valence-electron chi connectivity index (χ1n) is 6.70. The van der Waals surface area contributed by atoms with E-state index in [0.717, 1.165) is 42.5 Å². The molecule has 1 fully saturated rings. The van der Waals surface area contributed by atoms with Gasteiger partial charge in [0.2, 0.25) is 0 Å². The van der Waals surface area contributed by atoms with E-state index in [1.165, 1.54) is 17.8 Å². The molecule has 1 aliphatic rings. The lowest BCUT2D eigenvalue weighted by molar-refractivity contribution is 0.0761. The van der Waals surface area contributed by atoms with E-state index in [-0.39, 0.29) is 18.1 Å². The number of aryl methyl sites for hydroxylation is 1. The molecule has 100 valence electrons. The molecule has 0 saturated heterocycles. The SMILES string of the molecule is CCc1ccsc1C(=O)NC1(CO)CCCCC1. The van der Waals surface area contributed by atoms with Gasteiger partial charge in [0.25, 0.3) is 5.91 Å². The van der Waals surface area contributed by atoms with Crippen molar-refractivity contribution >= 4 is 17.2 Å². The van der Waals surface area contributed by atoms with Gasteiger partial charge in [-0.2, -0.15) is 0 Å². The molecule has 2 rings (SSSR count). The summed E-state index contributed by atoms with van der Waals surface area (Å²) in [5, 5.41) is 14.6. The number of aliphatic hydroxyl groups excluding tert-OH is 1. The fraction of sp³-hybridized carbons (Fsp3) is 0.643. The summed E-state index contributed by atoms with van der Waals surface area (Å²) in [4.78, 5) is 13.1. The molecule has 0 radical (unpaired) electrons. The molecule has 1 aromatic heterocycles. The first-order chi connectivity index (χ1) is 8.71. The van der Waals surface area contributed by atoms with Crippen molar-refractivity contribution in [3.8, 4) is 0 Å². The lowest BCUT2D eigenvalue weighted by Crippen LogP contribution is -2.52. The van der Waals surface area contributed by atoms with Crippen molar-refractivity contribution in [2.45, 2.75) is 51.0 Å². The second kappa shape index (κ2) is 5.85. The molecule has 2 N–H and O–H groups in total.